The maximum absolute atomic E-state index is 13.6. The number of rotatable bonds is 7. The molecule has 0 aliphatic carbocycles. The molecule has 3 rings (SSSR count). The fraction of sp³-hybridized carbons (Fsp3) is 0.227. The van der Waals surface area contributed by atoms with Crippen LogP contribution in [0.25, 0.3) is 0 Å². The molecule has 0 saturated carbocycles. The molecule has 0 saturated heterocycles. The smallest absolute Gasteiger partial charge is 0.421 e. The van der Waals surface area contributed by atoms with Crippen LogP contribution in [0.4, 0.5) is 36.3 Å². The lowest BCUT2D eigenvalue weighted by molar-refractivity contribution is -0.137. The first-order valence-corrected chi connectivity index (χ1v) is 9.50. The Bertz CT molecular complexity index is 1060. The number of halogens is 3. The van der Waals surface area contributed by atoms with Crippen molar-refractivity contribution in [1.29, 1.82) is 5.26 Å². The first kappa shape index (κ1) is 21.9. The summed E-state index contributed by atoms with van der Waals surface area (Å²) in [5.41, 5.74) is 0.569. The summed E-state index contributed by atoms with van der Waals surface area (Å²) in [5, 5.41) is 11.7. The number of alkyl halides is 3. The molecule has 160 valence electrons. The second-order valence-electron chi connectivity index (χ2n) is 6.64. The number of anilines is 4. The zero-order valence-electron chi connectivity index (χ0n) is 16.9. The molecule has 0 fully saturated rings. The molecular weight excluding hydrogens is 407 g/mol. The largest absolute Gasteiger partial charge is 0.494 e. The fourth-order valence-corrected chi connectivity index (χ4v) is 2.75. The van der Waals surface area contributed by atoms with Crippen molar-refractivity contribution < 1.29 is 17.9 Å². The molecule has 1 heterocycles. The zero-order valence-corrected chi connectivity index (χ0v) is 16.9. The fourth-order valence-electron chi connectivity index (χ4n) is 2.75. The Balaban J connectivity index is 1.92. The van der Waals surface area contributed by atoms with Crippen molar-refractivity contribution in [3.8, 4) is 11.8 Å². The third-order valence-corrected chi connectivity index (χ3v) is 4.36. The molecule has 0 radical (unpaired) electrons. The van der Waals surface area contributed by atoms with E-state index in [2.05, 4.69) is 15.3 Å². The molecule has 0 spiro atoms. The Morgan fingerprint density at radius 3 is 2.35 bits per heavy atom. The van der Waals surface area contributed by atoms with E-state index in [1.54, 1.807) is 48.5 Å². The van der Waals surface area contributed by atoms with Crippen LogP contribution >= 0.6 is 0 Å². The predicted molar refractivity (Wildman–Crippen MR) is 112 cm³/mol. The molecule has 0 bridgehead atoms. The first-order chi connectivity index (χ1) is 14.8. The summed E-state index contributed by atoms with van der Waals surface area (Å²) < 4.78 is 46.3. The van der Waals surface area contributed by atoms with Gasteiger partial charge in [0.2, 0.25) is 5.95 Å². The van der Waals surface area contributed by atoms with Crippen molar-refractivity contribution in [1.82, 2.24) is 9.97 Å². The van der Waals surface area contributed by atoms with Gasteiger partial charge in [-0.2, -0.15) is 23.4 Å². The molecule has 3 aromatic rings. The summed E-state index contributed by atoms with van der Waals surface area (Å²) >= 11 is 0. The van der Waals surface area contributed by atoms with Crippen molar-refractivity contribution >= 4 is 23.1 Å². The molecule has 0 aliphatic heterocycles. The standard InChI is InChI=1S/C22H20F3N5O/c1-3-12-31-18-10-8-17(9-11-18)30(2)20-19(22(23,24)25)14-27-21(29-20)28-16-6-4-15(13-26)5-7-16/h4-11,14H,3,12H2,1-2H3,(H,27,28,29). The predicted octanol–water partition coefficient (Wildman–Crippen LogP) is 5.67. The van der Waals surface area contributed by atoms with E-state index < -0.39 is 11.7 Å². The van der Waals surface area contributed by atoms with E-state index in [1.165, 1.54) is 11.9 Å². The number of nitriles is 1. The van der Waals surface area contributed by atoms with Crippen LogP contribution in [-0.2, 0) is 6.18 Å². The highest BCUT2D eigenvalue weighted by Crippen LogP contribution is 2.38. The highest BCUT2D eigenvalue weighted by atomic mass is 19.4. The molecule has 0 atom stereocenters. The topological polar surface area (TPSA) is 74.1 Å². The van der Waals surface area contributed by atoms with Crippen molar-refractivity contribution in [2.24, 2.45) is 0 Å². The summed E-state index contributed by atoms with van der Waals surface area (Å²) in [6, 6.07) is 15.2. The van der Waals surface area contributed by atoms with E-state index in [4.69, 9.17) is 10.00 Å². The Labute approximate surface area is 177 Å². The van der Waals surface area contributed by atoms with Gasteiger partial charge in [-0.3, -0.25) is 0 Å². The molecule has 31 heavy (non-hydrogen) atoms. The average molecular weight is 427 g/mol. The Hall–Kier alpha value is -3.80. The number of hydrogen-bond donors (Lipinski definition) is 1. The maximum atomic E-state index is 13.6. The second-order valence-corrected chi connectivity index (χ2v) is 6.64. The van der Waals surface area contributed by atoms with Crippen molar-refractivity contribution in [2.75, 3.05) is 23.9 Å². The van der Waals surface area contributed by atoms with Crippen molar-refractivity contribution in [2.45, 2.75) is 19.5 Å². The lowest BCUT2D eigenvalue weighted by Gasteiger charge is -2.23. The zero-order chi connectivity index (χ0) is 22.4. The van der Waals surface area contributed by atoms with Gasteiger partial charge in [0.05, 0.1) is 18.2 Å². The summed E-state index contributed by atoms with van der Waals surface area (Å²) in [4.78, 5) is 9.27. The molecule has 0 aliphatic rings. The van der Waals surface area contributed by atoms with Gasteiger partial charge in [0.25, 0.3) is 0 Å². The van der Waals surface area contributed by atoms with Crippen LogP contribution in [0.15, 0.2) is 54.7 Å². The summed E-state index contributed by atoms with van der Waals surface area (Å²) in [6.07, 6.45) is -3.02. The van der Waals surface area contributed by atoms with Crippen molar-refractivity contribution in [3.05, 3.63) is 65.9 Å². The van der Waals surface area contributed by atoms with E-state index >= 15 is 0 Å². The number of hydrogen-bond acceptors (Lipinski definition) is 6. The minimum atomic E-state index is -4.62. The van der Waals surface area contributed by atoms with Crippen LogP contribution < -0.4 is 15.0 Å². The molecule has 1 N–H and O–H groups in total. The van der Waals surface area contributed by atoms with Gasteiger partial charge in [-0.05, 0) is 55.0 Å². The van der Waals surface area contributed by atoms with Crippen LogP contribution in [0.3, 0.4) is 0 Å². The normalized spacial score (nSPS) is 11.0. The van der Waals surface area contributed by atoms with E-state index in [-0.39, 0.29) is 11.8 Å². The van der Waals surface area contributed by atoms with Crippen LogP contribution in [0.2, 0.25) is 0 Å². The molecule has 9 heteroatoms. The van der Waals surface area contributed by atoms with Gasteiger partial charge in [0, 0.05) is 24.6 Å². The van der Waals surface area contributed by atoms with Gasteiger partial charge >= 0.3 is 6.18 Å². The quantitative estimate of drug-likeness (QED) is 0.524. The lowest BCUT2D eigenvalue weighted by atomic mass is 10.2. The van der Waals surface area contributed by atoms with Gasteiger partial charge in [0.1, 0.15) is 11.3 Å². The molecule has 6 nitrogen and oxygen atoms in total. The minimum absolute atomic E-state index is 0.00227. The van der Waals surface area contributed by atoms with Gasteiger partial charge in [-0.1, -0.05) is 6.92 Å². The van der Waals surface area contributed by atoms with Gasteiger partial charge < -0.3 is 15.0 Å². The number of aromatic nitrogens is 2. The third kappa shape index (κ3) is 5.42. The molecule has 0 unspecified atom stereocenters. The minimum Gasteiger partial charge on any atom is -0.494 e. The summed E-state index contributed by atoms with van der Waals surface area (Å²) in [5.74, 6) is 0.351. The summed E-state index contributed by atoms with van der Waals surface area (Å²) in [7, 11) is 1.50. The Kier molecular flexibility index (Phi) is 6.60. The molecule has 0 amide bonds. The second kappa shape index (κ2) is 9.34. The molecule has 2 aromatic carbocycles. The van der Waals surface area contributed by atoms with Crippen LogP contribution in [0.1, 0.15) is 24.5 Å². The number of nitrogens with zero attached hydrogens (tertiary/aromatic N) is 4. The molecule has 1 aromatic heterocycles. The average Bonchev–Trinajstić information content (AvgIpc) is 2.77. The number of ether oxygens (including phenoxy) is 1. The highest BCUT2D eigenvalue weighted by molar-refractivity contribution is 5.65. The van der Waals surface area contributed by atoms with Crippen LogP contribution in [0.5, 0.6) is 5.75 Å². The van der Waals surface area contributed by atoms with Crippen molar-refractivity contribution in [3.63, 3.8) is 0 Å². The van der Waals surface area contributed by atoms with E-state index in [9.17, 15) is 13.2 Å². The highest BCUT2D eigenvalue weighted by Gasteiger charge is 2.36. The van der Waals surface area contributed by atoms with E-state index in [1.807, 2.05) is 13.0 Å². The van der Waals surface area contributed by atoms with Gasteiger partial charge in [-0.15, -0.1) is 0 Å². The number of benzene rings is 2. The maximum Gasteiger partial charge on any atom is 0.421 e. The first-order valence-electron chi connectivity index (χ1n) is 9.50. The van der Waals surface area contributed by atoms with Crippen LogP contribution in [0, 0.1) is 11.3 Å². The monoisotopic (exact) mass is 427 g/mol. The third-order valence-electron chi connectivity index (χ3n) is 4.36. The van der Waals surface area contributed by atoms with Gasteiger partial charge in [-0.25, -0.2) is 4.98 Å². The lowest BCUT2D eigenvalue weighted by Crippen LogP contribution is -2.19. The molecular formula is C22H20F3N5O. The van der Waals surface area contributed by atoms with Gasteiger partial charge in [0.15, 0.2) is 5.82 Å². The number of nitrogens with one attached hydrogen (secondary N) is 1. The van der Waals surface area contributed by atoms with Crippen LogP contribution in [-0.4, -0.2) is 23.6 Å². The van der Waals surface area contributed by atoms with E-state index in [0.29, 0.717) is 29.3 Å². The Morgan fingerprint density at radius 1 is 1.10 bits per heavy atom. The Morgan fingerprint density at radius 2 is 1.77 bits per heavy atom. The summed E-state index contributed by atoms with van der Waals surface area (Å²) in [6.45, 7) is 2.54. The SMILES string of the molecule is CCCOc1ccc(N(C)c2nc(Nc3ccc(C#N)cc3)ncc2C(F)(F)F)cc1. The van der Waals surface area contributed by atoms with E-state index in [0.717, 1.165) is 12.6 Å².